The summed E-state index contributed by atoms with van der Waals surface area (Å²) in [7, 11) is 0. The van der Waals surface area contributed by atoms with Crippen LogP contribution in [-0.4, -0.2) is 37.6 Å². The molecule has 0 saturated carbocycles. The van der Waals surface area contributed by atoms with E-state index in [9.17, 15) is 0 Å². The van der Waals surface area contributed by atoms with Crippen LogP contribution in [0.3, 0.4) is 0 Å². The summed E-state index contributed by atoms with van der Waals surface area (Å²) in [6, 6.07) is 0. The molecule has 0 amide bonds. The quantitative estimate of drug-likeness (QED) is 0.608. The van der Waals surface area contributed by atoms with Crippen molar-refractivity contribution in [2.75, 3.05) is 32.7 Å². The highest BCUT2D eigenvalue weighted by molar-refractivity contribution is 4.69. The molecular formula is C14H30N2. The highest BCUT2D eigenvalue weighted by atomic mass is 15.1. The van der Waals surface area contributed by atoms with Gasteiger partial charge in [-0.25, -0.2) is 0 Å². The second kappa shape index (κ2) is 9.00. The molecule has 2 heteroatoms. The Morgan fingerprint density at radius 1 is 1.12 bits per heavy atom. The highest BCUT2D eigenvalue weighted by Gasteiger charge is 2.13. The summed E-state index contributed by atoms with van der Waals surface area (Å²) in [4.78, 5) is 2.61. The third-order valence-corrected chi connectivity index (χ3v) is 3.47. The van der Waals surface area contributed by atoms with Gasteiger partial charge in [-0.3, -0.25) is 0 Å². The van der Waals surface area contributed by atoms with E-state index in [-0.39, 0.29) is 0 Å². The highest BCUT2D eigenvalue weighted by Crippen LogP contribution is 2.09. The van der Waals surface area contributed by atoms with Crippen LogP contribution in [0.1, 0.15) is 52.4 Å². The first-order valence-electron chi connectivity index (χ1n) is 7.26. The molecule has 0 aliphatic carbocycles. The Kier molecular flexibility index (Phi) is 7.87. The summed E-state index contributed by atoms with van der Waals surface area (Å²) in [6.07, 6.45) is 8.30. The molecule has 1 rings (SSSR count). The van der Waals surface area contributed by atoms with E-state index in [0.29, 0.717) is 0 Å². The van der Waals surface area contributed by atoms with E-state index >= 15 is 0 Å². The minimum Gasteiger partial charge on any atom is -0.316 e. The first kappa shape index (κ1) is 14.0. The van der Waals surface area contributed by atoms with Gasteiger partial charge in [-0.05, 0) is 51.4 Å². The monoisotopic (exact) mass is 226 g/mol. The lowest BCUT2D eigenvalue weighted by Crippen LogP contribution is -2.32. The van der Waals surface area contributed by atoms with Gasteiger partial charge in [-0.15, -0.1) is 0 Å². The number of likely N-dealkylation sites (tertiary alicyclic amines) is 1. The fraction of sp³-hybridized carbons (Fsp3) is 1.00. The lowest BCUT2D eigenvalue weighted by atomic mass is 10.1. The van der Waals surface area contributed by atoms with Crippen LogP contribution in [0.5, 0.6) is 0 Å². The van der Waals surface area contributed by atoms with Crippen molar-refractivity contribution < 1.29 is 0 Å². The molecule has 1 atom stereocenters. The number of rotatable bonds is 9. The summed E-state index contributed by atoms with van der Waals surface area (Å²) in [6.45, 7) is 11.0. The first-order valence-corrected chi connectivity index (χ1v) is 7.26. The Balaban J connectivity index is 1.87. The van der Waals surface area contributed by atoms with E-state index in [1.807, 2.05) is 0 Å². The zero-order valence-electron chi connectivity index (χ0n) is 11.3. The van der Waals surface area contributed by atoms with E-state index in [0.717, 1.165) is 5.92 Å². The van der Waals surface area contributed by atoms with Gasteiger partial charge in [-0.1, -0.05) is 33.1 Å². The summed E-state index contributed by atoms with van der Waals surface area (Å²) in [5.74, 6) is 0.810. The molecule has 0 bridgehead atoms. The number of nitrogens with zero attached hydrogens (tertiary/aromatic N) is 1. The standard InChI is InChI=1S/C14H30N2/c1-3-4-5-6-9-15-12-14(2)13-16-10-7-8-11-16/h14-15H,3-13H2,1-2H3. The molecule has 1 saturated heterocycles. The van der Waals surface area contributed by atoms with Crippen molar-refractivity contribution in [3.63, 3.8) is 0 Å². The summed E-state index contributed by atoms with van der Waals surface area (Å²) >= 11 is 0. The molecule has 1 heterocycles. The van der Waals surface area contributed by atoms with E-state index in [1.54, 1.807) is 0 Å². The minimum atomic E-state index is 0.810. The molecule has 0 aromatic heterocycles. The third-order valence-electron chi connectivity index (χ3n) is 3.47. The van der Waals surface area contributed by atoms with Gasteiger partial charge in [0.2, 0.25) is 0 Å². The van der Waals surface area contributed by atoms with Crippen molar-refractivity contribution in [3.8, 4) is 0 Å². The molecule has 0 spiro atoms. The molecule has 0 aromatic rings. The molecule has 1 unspecified atom stereocenters. The molecule has 1 aliphatic rings. The van der Waals surface area contributed by atoms with Gasteiger partial charge in [-0.2, -0.15) is 0 Å². The maximum absolute atomic E-state index is 3.59. The first-order chi connectivity index (χ1) is 7.83. The Morgan fingerprint density at radius 2 is 1.88 bits per heavy atom. The zero-order valence-corrected chi connectivity index (χ0v) is 11.3. The largest absolute Gasteiger partial charge is 0.316 e. The average Bonchev–Trinajstić information content (AvgIpc) is 2.76. The smallest absolute Gasteiger partial charge is 0.00191 e. The van der Waals surface area contributed by atoms with Gasteiger partial charge in [0.1, 0.15) is 0 Å². The van der Waals surface area contributed by atoms with E-state index < -0.39 is 0 Å². The summed E-state index contributed by atoms with van der Waals surface area (Å²) in [5, 5.41) is 3.59. The Bertz CT molecular complexity index is 153. The van der Waals surface area contributed by atoms with Gasteiger partial charge in [0.25, 0.3) is 0 Å². The van der Waals surface area contributed by atoms with Gasteiger partial charge < -0.3 is 10.2 Å². The van der Waals surface area contributed by atoms with Crippen LogP contribution in [-0.2, 0) is 0 Å². The van der Waals surface area contributed by atoms with Crippen molar-refractivity contribution in [2.24, 2.45) is 5.92 Å². The van der Waals surface area contributed by atoms with E-state index in [4.69, 9.17) is 0 Å². The molecule has 96 valence electrons. The van der Waals surface area contributed by atoms with Crippen LogP contribution in [0.2, 0.25) is 0 Å². The maximum atomic E-state index is 3.59. The normalized spacial score (nSPS) is 19.1. The van der Waals surface area contributed by atoms with Crippen molar-refractivity contribution in [1.29, 1.82) is 0 Å². The number of unbranched alkanes of at least 4 members (excludes halogenated alkanes) is 3. The van der Waals surface area contributed by atoms with Gasteiger partial charge in [0.05, 0.1) is 0 Å². The van der Waals surface area contributed by atoms with Crippen LogP contribution < -0.4 is 5.32 Å². The van der Waals surface area contributed by atoms with Crippen LogP contribution in [0.15, 0.2) is 0 Å². The lowest BCUT2D eigenvalue weighted by Gasteiger charge is -2.20. The number of hydrogen-bond acceptors (Lipinski definition) is 2. The zero-order chi connectivity index (χ0) is 11.6. The van der Waals surface area contributed by atoms with Crippen molar-refractivity contribution in [1.82, 2.24) is 10.2 Å². The van der Waals surface area contributed by atoms with Gasteiger partial charge in [0.15, 0.2) is 0 Å². The van der Waals surface area contributed by atoms with Gasteiger partial charge >= 0.3 is 0 Å². The molecule has 2 nitrogen and oxygen atoms in total. The van der Waals surface area contributed by atoms with E-state index in [2.05, 4.69) is 24.1 Å². The molecule has 1 aliphatic heterocycles. The molecule has 16 heavy (non-hydrogen) atoms. The van der Waals surface area contributed by atoms with Crippen LogP contribution >= 0.6 is 0 Å². The topological polar surface area (TPSA) is 15.3 Å². The van der Waals surface area contributed by atoms with Gasteiger partial charge in [0, 0.05) is 6.54 Å². The van der Waals surface area contributed by atoms with Crippen LogP contribution in [0, 0.1) is 5.92 Å². The second-order valence-electron chi connectivity index (χ2n) is 5.38. The number of nitrogens with one attached hydrogen (secondary N) is 1. The predicted octanol–water partition coefficient (Wildman–Crippen LogP) is 2.89. The lowest BCUT2D eigenvalue weighted by molar-refractivity contribution is 0.282. The van der Waals surface area contributed by atoms with Crippen LogP contribution in [0.4, 0.5) is 0 Å². The Hall–Kier alpha value is -0.0800. The summed E-state index contributed by atoms with van der Waals surface area (Å²) in [5.41, 5.74) is 0. The van der Waals surface area contributed by atoms with E-state index in [1.165, 1.54) is 71.2 Å². The summed E-state index contributed by atoms with van der Waals surface area (Å²) < 4.78 is 0. The average molecular weight is 226 g/mol. The Labute approximate surface area is 102 Å². The molecular weight excluding hydrogens is 196 g/mol. The second-order valence-corrected chi connectivity index (χ2v) is 5.38. The number of hydrogen-bond donors (Lipinski definition) is 1. The SMILES string of the molecule is CCCCCCNCC(C)CN1CCCC1. The molecule has 0 radical (unpaired) electrons. The van der Waals surface area contributed by atoms with Crippen LogP contribution in [0.25, 0.3) is 0 Å². The van der Waals surface area contributed by atoms with Crippen molar-refractivity contribution >= 4 is 0 Å². The fourth-order valence-electron chi connectivity index (χ4n) is 2.50. The fourth-order valence-corrected chi connectivity index (χ4v) is 2.50. The maximum Gasteiger partial charge on any atom is 0.00191 e. The molecule has 1 N–H and O–H groups in total. The predicted molar refractivity (Wildman–Crippen MR) is 71.8 cm³/mol. The minimum absolute atomic E-state index is 0.810. The van der Waals surface area contributed by atoms with Crippen molar-refractivity contribution in [3.05, 3.63) is 0 Å². The molecule has 1 fully saturated rings. The third kappa shape index (κ3) is 6.49. The Morgan fingerprint density at radius 3 is 2.56 bits per heavy atom. The van der Waals surface area contributed by atoms with Crippen molar-refractivity contribution in [2.45, 2.75) is 52.4 Å². The molecule has 0 aromatic carbocycles.